The van der Waals surface area contributed by atoms with Crippen molar-refractivity contribution in [3.8, 4) is 0 Å². The van der Waals surface area contributed by atoms with Crippen LogP contribution in [0.15, 0.2) is 24.3 Å². The summed E-state index contributed by atoms with van der Waals surface area (Å²) >= 11 is 0. The third kappa shape index (κ3) is 3.51. The largest absolute Gasteiger partial charge is 0.385 e. The molecule has 1 aliphatic rings. The van der Waals surface area contributed by atoms with Gasteiger partial charge in [-0.05, 0) is 38.8 Å². The minimum Gasteiger partial charge on any atom is -0.385 e. The van der Waals surface area contributed by atoms with E-state index in [1.54, 1.807) is 0 Å². The van der Waals surface area contributed by atoms with E-state index in [9.17, 15) is 4.79 Å². The first-order chi connectivity index (χ1) is 9.76. The standard InChI is InChI=1S/C16H24N2O2/c1-3-17-15-8-6-5-7-14(15)16(19)18-11-9-13(10-12-18)20-4-2/h5-8,13,17H,3-4,9-12H2,1-2H3. The van der Waals surface area contributed by atoms with Crippen LogP contribution in [-0.2, 0) is 4.74 Å². The number of para-hydroxylation sites is 1. The van der Waals surface area contributed by atoms with Crippen molar-refractivity contribution in [2.24, 2.45) is 0 Å². The van der Waals surface area contributed by atoms with Crippen molar-refractivity contribution in [3.63, 3.8) is 0 Å². The van der Waals surface area contributed by atoms with Gasteiger partial charge in [0.05, 0.1) is 11.7 Å². The van der Waals surface area contributed by atoms with Gasteiger partial charge in [-0.3, -0.25) is 4.79 Å². The number of hydrogen-bond donors (Lipinski definition) is 1. The molecule has 1 fully saturated rings. The van der Waals surface area contributed by atoms with Crippen LogP contribution in [0.2, 0.25) is 0 Å². The Morgan fingerprint density at radius 2 is 2.00 bits per heavy atom. The van der Waals surface area contributed by atoms with Crippen LogP contribution in [0.25, 0.3) is 0 Å². The highest BCUT2D eigenvalue weighted by Gasteiger charge is 2.24. The molecule has 1 saturated heterocycles. The molecule has 0 bridgehead atoms. The van der Waals surface area contributed by atoms with Crippen molar-refractivity contribution >= 4 is 11.6 Å². The van der Waals surface area contributed by atoms with Crippen LogP contribution >= 0.6 is 0 Å². The fourth-order valence-corrected chi connectivity index (χ4v) is 2.65. The highest BCUT2D eigenvalue weighted by molar-refractivity contribution is 5.99. The van der Waals surface area contributed by atoms with Gasteiger partial charge in [0.1, 0.15) is 0 Å². The number of anilines is 1. The summed E-state index contributed by atoms with van der Waals surface area (Å²) in [6, 6.07) is 7.73. The minimum absolute atomic E-state index is 0.122. The summed E-state index contributed by atoms with van der Waals surface area (Å²) < 4.78 is 5.63. The van der Waals surface area contributed by atoms with Crippen molar-refractivity contribution < 1.29 is 9.53 Å². The topological polar surface area (TPSA) is 41.6 Å². The summed E-state index contributed by atoms with van der Waals surface area (Å²) in [5.74, 6) is 0.122. The third-order valence-corrected chi connectivity index (χ3v) is 3.66. The summed E-state index contributed by atoms with van der Waals surface area (Å²) in [5, 5.41) is 3.25. The zero-order valence-corrected chi connectivity index (χ0v) is 12.4. The Balaban J connectivity index is 2.02. The van der Waals surface area contributed by atoms with E-state index in [1.807, 2.05) is 43.0 Å². The van der Waals surface area contributed by atoms with Gasteiger partial charge >= 0.3 is 0 Å². The summed E-state index contributed by atoms with van der Waals surface area (Å²) in [5.41, 5.74) is 1.69. The SMILES string of the molecule is CCNc1ccccc1C(=O)N1CCC(OCC)CC1. The molecular weight excluding hydrogens is 252 g/mol. The van der Waals surface area contributed by atoms with E-state index in [2.05, 4.69) is 5.32 Å². The molecule has 20 heavy (non-hydrogen) atoms. The first-order valence-electron chi connectivity index (χ1n) is 7.50. The fraction of sp³-hybridized carbons (Fsp3) is 0.562. The number of amides is 1. The molecule has 110 valence electrons. The number of carbonyl (C=O) groups is 1. The van der Waals surface area contributed by atoms with E-state index in [1.165, 1.54) is 0 Å². The van der Waals surface area contributed by atoms with Crippen LogP contribution in [0.3, 0.4) is 0 Å². The number of rotatable bonds is 5. The number of nitrogens with zero attached hydrogens (tertiary/aromatic N) is 1. The lowest BCUT2D eigenvalue weighted by molar-refractivity contribution is 0.0146. The van der Waals surface area contributed by atoms with E-state index in [-0.39, 0.29) is 5.91 Å². The van der Waals surface area contributed by atoms with Gasteiger partial charge in [-0.25, -0.2) is 0 Å². The van der Waals surface area contributed by atoms with Crippen molar-refractivity contribution in [3.05, 3.63) is 29.8 Å². The van der Waals surface area contributed by atoms with Gasteiger partial charge in [-0.15, -0.1) is 0 Å². The van der Waals surface area contributed by atoms with Gasteiger partial charge < -0.3 is 15.0 Å². The molecule has 4 nitrogen and oxygen atoms in total. The molecular formula is C16H24N2O2. The lowest BCUT2D eigenvalue weighted by Crippen LogP contribution is -2.41. The Morgan fingerprint density at radius 1 is 1.30 bits per heavy atom. The minimum atomic E-state index is 0.122. The van der Waals surface area contributed by atoms with Crippen LogP contribution in [0, 0.1) is 0 Å². The summed E-state index contributed by atoms with van der Waals surface area (Å²) in [6.45, 7) is 7.19. The number of ether oxygens (including phenoxy) is 1. The van der Waals surface area contributed by atoms with Crippen LogP contribution in [0.1, 0.15) is 37.0 Å². The maximum absolute atomic E-state index is 12.6. The second-order valence-electron chi connectivity index (χ2n) is 5.02. The molecule has 1 amide bonds. The molecule has 2 rings (SSSR count). The van der Waals surface area contributed by atoms with Gasteiger partial charge in [0, 0.05) is 31.9 Å². The van der Waals surface area contributed by atoms with E-state index in [0.717, 1.165) is 50.3 Å². The van der Waals surface area contributed by atoms with Crippen molar-refractivity contribution in [1.82, 2.24) is 4.90 Å². The molecule has 4 heteroatoms. The molecule has 1 N–H and O–H groups in total. The second kappa shape index (κ2) is 7.29. The predicted octanol–water partition coefficient (Wildman–Crippen LogP) is 2.76. The average molecular weight is 276 g/mol. The molecule has 0 aliphatic carbocycles. The van der Waals surface area contributed by atoms with Crippen LogP contribution in [0.5, 0.6) is 0 Å². The number of nitrogens with one attached hydrogen (secondary N) is 1. The van der Waals surface area contributed by atoms with Gasteiger partial charge in [0.25, 0.3) is 5.91 Å². The van der Waals surface area contributed by atoms with E-state index in [4.69, 9.17) is 4.74 Å². The average Bonchev–Trinajstić information content (AvgIpc) is 2.49. The Labute approximate surface area is 121 Å². The molecule has 0 saturated carbocycles. The fourth-order valence-electron chi connectivity index (χ4n) is 2.65. The number of benzene rings is 1. The molecule has 0 atom stereocenters. The molecule has 0 spiro atoms. The highest BCUT2D eigenvalue weighted by Crippen LogP contribution is 2.20. The maximum Gasteiger partial charge on any atom is 0.255 e. The second-order valence-corrected chi connectivity index (χ2v) is 5.02. The number of piperidine rings is 1. The zero-order valence-electron chi connectivity index (χ0n) is 12.4. The first kappa shape index (κ1) is 14.9. The van der Waals surface area contributed by atoms with E-state index < -0.39 is 0 Å². The molecule has 1 heterocycles. The zero-order chi connectivity index (χ0) is 14.4. The van der Waals surface area contributed by atoms with E-state index in [0.29, 0.717) is 6.10 Å². The normalized spacial score (nSPS) is 16.2. The van der Waals surface area contributed by atoms with Crippen LogP contribution in [-0.4, -0.2) is 43.2 Å². The third-order valence-electron chi connectivity index (χ3n) is 3.66. The predicted molar refractivity (Wildman–Crippen MR) is 81.2 cm³/mol. The molecule has 0 radical (unpaired) electrons. The molecule has 0 unspecified atom stereocenters. The van der Waals surface area contributed by atoms with E-state index >= 15 is 0 Å². The Morgan fingerprint density at radius 3 is 2.65 bits per heavy atom. The van der Waals surface area contributed by atoms with Gasteiger partial charge in [-0.1, -0.05) is 12.1 Å². The Kier molecular flexibility index (Phi) is 5.41. The highest BCUT2D eigenvalue weighted by atomic mass is 16.5. The molecule has 1 aromatic carbocycles. The number of likely N-dealkylation sites (tertiary alicyclic amines) is 1. The quantitative estimate of drug-likeness (QED) is 0.899. The smallest absolute Gasteiger partial charge is 0.255 e. The van der Waals surface area contributed by atoms with Crippen molar-refractivity contribution in [2.75, 3.05) is 31.6 Å². The van der Waals surface area contributed by atoms with Crippen molar-refractivity contribution in [1.29, 1.82) is 0 Å². The molecule has 1 aliphatic heterocycles. The first-order valence-corrected chi connectivity index (χ1v) is 7.50. The number of hydrogen-bond acceptors (Lipinski definition) is 3. The Bertz CT molecular complexity index is 440. The lowest BCUT2D eigenvalue weighted by atomic mass is 10.1. The maximum atomic E-state index is 12.6. The summed E-state index contributed by atoms with van der Waals surface area (Å²) in [4.78, 5) is 14.5. The summed E-state index contributed by atoms with van der Waals surface area (Å²) in [7, 11) is 0. The van der Waals surface area contributed by atoms with Gasteiger partial charge in [0.15, 0.2) is 0 Å². The Hall–Kier alpha value is -1.55. The lowest BCUT2D eigenvalue weighted by Gasteiger charge is -2.32. The van der Waals surface area contributed by atoms with Crippen LogP contribution < -0.4 is 5.32 Å². The monoisotopic (exact) mass is 276 g/mol. The molecule has 0 aromatic heterocycles. The van der Waals surface area contributed by atoms with Gasteiger partial charge in [0.2, 0.25) is 0 Å². The van der Waals surface area contributed by atoms with Crippen molar-refractivity contribution in [2.45, 2.75) is 32.8 Å². The van der Waals surface area contributed by atoms with Gasteiger partial charge in [-0.2, -0.15) is 0 Å². The van der Waals surface area contributed by atoms with Crippen LogP contribution in [0.4, 0.5) is 5.69 Å². The summed E-state index contributed by atoms with van der Waals surface area (Å²) in [6.07, 6.45) is 2.18. The number of carbonyl (C=O) groups excluding carboxylic acids is 1. The molecule has 1 aromatic rings.